The van der Waals surface area contributed by atoms with Crippen LogP contribution < -0.4 is 5.32 Å². The number of likely N-dealkylation sites (tertiary alicyclic amines) is 1. The van der Waals surface area contributed by atoms with E-state index < -0.39 is 12.1 Å². The first-order valence-corrected chi connectivity index (χ1v) is 9.77. The number of carbonyl (C=O) groups excluding carboxylic acids is 2. The van der Waals surface area contributed by atoms with E-state index in [1.54, 1.807) is 40.9 Å². The molecule has 4 unspecified atom stereocenters. The third-order valence-electron chi connectivity index (χ3n) is 6.55. The van der Waals surface area contributed by atoms with E-state index in [0.29, 0.717) is 35.5 Å². The minimum absolute atomic E-state index is 0.0235. The Morgan fingerprint density at radius 3 is 2.90 bits per heavy atom. The highest BCUT2D eigenvalue weighted by Gasteiger charge is 2.69. The highest BCUT2D eigenvalue weighted by Crippen LogP contribution is 2.64. The molecule has 0 bridgehead atoms. The number of fused-ring (bicyclic) bond motifs is 2. The average molecular weight is 389 g/mol. The number of nitrogens with zero attached hydrogens (tertiary/aromatic N) is 4. The largest absolute Gasteiger partial charge is 0.335 e. The van der Waals surface area contributed by atoms with Crippen molar-refractivity contribution < 1.29 is 9.59 Å². The standard InChI is InChI=1S/C22H23N5O2/c1-5-13-8-7-9-27-19(13)14(11-24-27)16(10-23)25-21(29)20-18-15(22(18,3)4)12-26(20)17(28)6-2/h1,7-9,11,15-16,18,20H,6,12H2,2-4H3,(H,25,29). The molecule has 7 nitrogen and oxygen atoms in total. The first kappa shape index (κ1) is 19.0. The summed E-state index contributed by atoms with van der Waals surface area (Å²) in [5, 5.41) is 16.9. The number of amides is 2. The van der Waals surface area contributed by atoms with Gasteiger partial charge in [0.1, 0.15) is 12.1 Å². The molecular formula is C22H23N5O2. The van der Waals surface area contributed by atoms with Crippen LogP contribution in [0, 0.1) is 40.9 Å². The third kappa shape index (κ3) is 2.77. The van der Waals surface area contributed by atoms with E-state index in [2.05, 4.69) is 36.3 Å². The predicted octanol–water partition coefficient (Wildman–Crippen LogP) is 1.89. The van der Waals surface area contributed by atoms with Crippen LogP contribution in [0.1, 0.15) is 44.4 Å². The quantitative estimate of drug-likeness (QED) is 0.809. The number of aromatic nitrogens is 2. The highest BCUT2D eigenvalue weighted by molar-refractivity contribution is 5.90. The summed E-state index contributed by atoms with van der Waals surface area (Å²) < 4.78 is 1.60. The van der Waals surface area contributed by atoms with E-state index in [-0.39, 0.29) is 23.1 Å². The van der Waals surface area contributed by atoms with Crippen LogP contribution in [0.3, 0.4) is 0 Å². The molecule has 2 aliphatic rings. The summed E-state index contributed by atoms with van der Waals surface area (Å²) in [6.07, 6.45) is 9.25. The van der Waals surface area contributed by atoms with Gasteiger partial charge in [-0.3, -0.25) is 9.59 Å². The molecule has 4 atom stereocenters. The lowest BCUT2D eigenvalue weighted by atomic mass is 9.99. The predicted molar refractivity (Wildman–Crippen MR) is 106 cm³/mol. The first-order valence-electron chi connectivity index (χ1n) is 9.77. The number of carbonyl (C=O) groups is 2. The van der Waals surface area contributed by atoms with Crippen molar-refractivity contribution in [1.29, 1.82) is 5.26 Å². The fourth-order valence-corrected chi connectivity index (χ4v) is 4.85. The van der Waals surface area contributed by atoms with Crippen LogP contribution in [0.25, 0.3) is 5.52 Å². The average Bonchev–Trinajstić information content (AvgIpc) is 3.11. The lowest BCUT2D eigenvalue weighted by Crippen LogP contribution is -2.50. The Morgan fingerprint density at radius 1 is 1.48 bits per heavy atom. The molecule has 148 valence electrons. The van der Waals surface area contributed by atoms with Gasteiger partial charge in [-0.1, -0.05) is 26.7 Å². The minimum Gasteiger partial charge on any atom is -0.335 e. The number of pyridine rings is 1. The maximum Gasteiger partial charge on any atom is 0.244 e. The molecule has 3 heterocycles. The fourth-order valence-electron chi connectivity index (χ4n) is 4.85. The Kier molecular flexibility index (Phi) is 4.35. The number of piperidine rings is 1. The van der Waals surface area contributed by atoms with Gasteiger partial charge in [0.05, 0.1) is 23.3 Å². The lowest BCUT2D eigenvalue weighted by Gasteiger charge is -2.30. The zero-order valence-electron chi connectivity index (χ0n) is 16.7. The van der Waals surface area contributed by atoms with Gasteiger partial charge in [0, 0.05) is 24.7 Å². The molecule has 2 aromatic heterocycles. The third-order valence-corrected chi connectivity index (χ3v) is 6.55. The number of hydrogen-bond donors (Lipinski definition) is 1. The summed E-state index contributed by atoms with van der Waals surface area (Å²) in [7, 11) is 0. The monoisotopic (exact) mass is 389 g/mol. The minimum atomic E-state index is -0.908. The molecule has 0 radical (unpaired) electrons. The van der Waals surface area contributed by atoms with Crippen molar-refractivity contribution >= 4 is 17.3 Å². The number of terminal acetylenes is 1. The van der Waals surface area contributed by atoms with Crippen LogP contribution in [0.4, 0.5) is 0 Å². The number of nitriles is 1. The molecule has 2 amide bonds. The van der Waals surface area contributed by atoms with Crippen LogP contribution in [0.15, 0.2) is 24.5 Å². The van der Waals surface area contributed by atoms with Gasteiger partial charge in [-0.05, 0) is 29.4 Å². The van der Waals surface area contributed by atoms with Crippen LogP contribution in [0.2, 0.25) is 0 Å². The molecule has 1 aliphatic carbocycles. The molecule has 4 rings (SSSR count). The molecule has 1 saturated heterocycles. The second kappa shape index (κ2) is 6.63. The van der Waals surface area contributed by atoms with E-state index >= 15 is 0 Å². The van der Waals surface area contributed by atoms with Crippen molar-refractivity contribution in [2.24, 2.45) is 17.3 Å². The van der Waals surface area contributed by atoms with Crippen LogP contribution in [0.5, 0.6) is 0 Å². The van der Waals surface area contributed by atoms with Gasteiger partial charge in [-0.2, -0.15) is 10.4 Å². The topological polar surface area (TPSA) is 90.5 Å². The molecule has 2 fully saturated rings. The van der Waals surface area contributed by atoms with Gasteiger partial charge >= 0.3 is 0 Å². The smallest absolute Gasteiger partial charge is 0.244 e. The maximum atomic E-state index is 13.2. The number of rotatable bonds is 4. The molecule has 29 heavy (non-hydrogen) atoms. The normalized spacial score (nSPS) is 25.0. The SMILES string of the molecule is C#Cc1cccn2ncc(C(C#N)NC(=O)C3C4C(CN3C(=O)CC)C4(C)C)c12. The Hall–Kier alpha value is -3.32. The zero-order chi connectivity index (χ0) is 20.9. The number of nitrogens with one attached hydrogen (secondary N) is 1. The lowest BCUT2D eigenvalue weighted by molar-refractivity contribution is -0.140. The van der Waals surface area contributed by atoms with Gasteiger partial charge in [-0.15, -0.1) is 6.42 Å². The molecule has 1 saturated carbocycles. The van der Waals surface area contributed by atoms with Crippen molar-refractivity contribution in [3.63, 3.8) is 0 Å². The van der Waals surface area contributed by atoms with Crippen molar-refractivity contribution in [1.82, 2.24) is 19.8 Å². The zero-order valence-corrected chi connectivity index (χ0v) is 16.7. The summed E-state index contributed by atoms with van der Waals surface area (Å²) in [5.74, 6) is 2.70. The first-order chi connectivity index (χ1) is 13.8. The maximum absolute atomic E-state index is 13.2. The molecular weight excluding hydrogens is 366 g/mol. The highest BCUT2D eigenvalue weighted by atomic mass is 16.2. The van der Waals surface area contributed by atoms with Crippen molar-refractivity contribution in [3.05, 3.63) is 35.7 Å². The van der Waals surface area contributed by atoms with E-state index in [1.807, 2.05) is 0 Å². The van der Waals surface area contributed by atoms with Gasteiger partial charge in [0.15, 0.2) is 0 Å². The van der Waals surface area contributed by atoms with Gasteiger partial charge < -0.3 is 10.2 Å². The van der Waals surface area contributed by atoms with E-state index in [1.165, 1.54) is 0 Å². The van der Waals surface area contributed by atoms with Crippen molar-refractivity contribution in [3.8, 4) is 18.4 Å². The molecule has 0 spiro atoms. The van der Waals surface area contributed by atoms with E-state index in [9.17, 15) is 14.9 Å². The number of hydrogen-bond acceptors (Lipinski definition) is 4. The van der Waals surface area contributed by atoms with Crippen molar-refractivity contribution in [2.45, 2.75) is 39.3 Å². The summed E-state index contributed by atoms with van der Waals surface area (Å²) in [6.45, 7) is 6.65. The summed E-state index contributed by atoms with van der Waals surface area (Å²) >= 11 is 0. The summed E-state index contributed by atoms with van der Waals surface area (Å²) in [4.78, 5) is 27.3. The molecule has 1 N–H and O–H groups in total. The van der Waals surface area contributed by atoms with Crippen LogP contribution in [-0.4, -0.2) is 38.9 Å². The van der Waals surface area contributed by atoms with E-state index in [4.69, 9.17) is 6.42 Å². The summed E-state index contributed by atoms with van der Waals surface area (Å²) in [5.41, 5.74) is 1.80. The molecule has 0 aromatic carbocycles. The molecule has 1 aliphatic heterocycles. The Morgan fingerprint density at radius 2 is 2.24 bits per heavy atom. The summed E-state index contributed by atoms with van der Waals surface area (Å²) in [6, 6.07) is 4.24. The van der Waals surface area contributed by atoms with Crippen LogP contribution >= 0.6 is 0 Å². The second-order valence-corrected chi connectivity index (χ2v) is 8.33. The Labute approximate surface area is 169 Å². The molecule has 2 aromatic rings. The van der Waals surface area contributed by atoms with Crippen molar-refractivity contribution in [2.75, 3.05) is 6.54 Å². The van der Waals surface area contributed by atoms with Gasteiger partial charge in [0.25, 0.3) is 0 Å². The van der Waals surface area contributed by atoms with E-state index in [0.717, 1.165) is 0 Å². The molecule has 7 heteroatoms. The Bertz CT molecular complexity index is 1090. The van der Waals surface area contributed by atoms with Gasteiger partial charge in [0.2, 0.25) is 11.8 Å². The van der Waals surface area contributed by atoms with Gasteiger partial charge in [-0.25, -0.2) is 4.52 Å². The van der Waals surface area contributed by atoms with Crippen LogP contribution in [-0.2, 0) is 9.59 Å². The second-order valence-electron chi connectivity index (χ2n) is 8.33. The fraction of sp³-hybridized carbons (Fsp3) is 0.455. The Balaban J connectivity index is 1.64.